The van der Waals surface area contributed by atoms with E-state index in [2.05, 4.69) is 15.3 Å². The molecular formula is C25H26F2N4. The molecule has 2 aromatic carbocycles. The average molecular weight is 421 g/mol. The number of alkyl halides is 2. The Labute approximate surface area is 181 Å². The molecule has 0 bridgehead atoms. The van der Waals surface area contributed by atoms with Crippen LogP contribution in [0.1, 0.15) is 43.7 Å². The molecular weight excluding hydrogens is 394 g/mol. The van der Waals surface area contributed by atoms with Crippen molar-refractivity contribution in [1.29, 1.82) is 0 Å². The molecule has 0 saturated heterocycles. The zero-order valence-electron chi connectivity index (χ0n) is 17.5. The number of nitrogens with two attached hydrogens (primary N) is 1. The summed E-state index contributed by atoms with van der Waals surface area (Å²) in [5.74, 6) is -2.38. The van der Waals surface area contributed by atoms with Gasteiger partial charge in [0.15, 0.2) is 0 Å². The quantitative estimate of drug-likeness (QED) is 0.469. The molecule has 1 fully saturated rings. The predicted octanol–water partition coefficient (Wildman–Crippen LogP) is 6.32. The summed E-state index contributed by atoms with van der Waals surface area (Å²) in [5, 5.41) is 3.54. The van der Waals surface area contributed by atoms with Gasteiger partial charge in [-0.2, -0.15) is 0 Å². The molecule has 0 amide bonds. The van der Waals surface area contributed by atoms with Gasteiger partial charge in [-0.3, -0.25) is 4.98 Å². The molecule has 1 aliphatic rings. The molecule has 0 unspecified atom stereocenters. The Morgan fingerprint density at radius 2 is 1.68 bits per heavy atom. The first-order chi connectivity index (χ1) is 15.0. The molecule has 0 radical (unpaired) electrons. The van der Waals surface area contributed by atoms with E-state index < -0.39 is 5.92 Å². The first kappa shape index (κ1) is 21.0. The van der Waals surface area contributed by atoms with E-state index in [-0.39, 0.29) is 12.0 Å². The maximum Gasteiger partial charge on any atom is 0.273 e. The second-order valence-corrected chi connectivity index (χ2v) is 7.86. The van der Waals surface area contributed by atoms with E-state index in [1.165, 1.54) is 18.9 Å². The number of anilines is 2. The number of allylic oxidation sites excluding steroid dienone is 2. The zero-order chi connectivity index (χ0) is 21.8. The second-order valence-electron chi connectivity index (χ2n) is 7.86. The zero-order valence-corrected chi connectivity index (χ0v) is 17.5. The number of hydrogen-bond donors (Lipinski definition) is 2. The molecule has 0 aliphatic heterocycles. The van der Waals surface area contributed by atoms with E-state index in [9.17, 15) is 8.78 Å². The van der Waals surface area contributed by atoms with Crippen molar-refractivity contribution >= 4 is 11.5 Å². The Kier molecular flexibility index (Phi) is 5.98. The van der Waals surface area contributed by atoms with E-state index in [1.54, 1.807) is 36.7 Å². The van der Waals surface area contributed by atoms with Crippen LogP contribution in [0.3, 0.4) is 0 Å². The monoisotopic (exact) mass is 420 g/mol. The van der Waals surface area contributed by atoms with Crippen LogP contribution < -0.4 is 11.1 Å². The van der Waals surface area contributed by atoms with Crippen molar-refractivity contribution in [2.24, 2.45) is 0 Å². The van der Waals surface area contributed by atoms with Crippen molar-refractivity contribution in [3.05, 3.63) is 83.3 Å². The van der Waals surface area contributed by atoms with Crippen molar-refractivity contribution in [3.8, 4) is 11.3 Å². The van der Waals surface area contributed by atoms with Gasteiger partial charge in [-0.25, -0.2) is 13.8 Å². The van der Waals surface area contributed by atoms with Gasteiger partial charge in [0.05, 0.1) is 0 Å². The summed E-state index contributed by atoms with van der Waals surface area (Å²) in [5.41, 5.74) is 12.1. The second kappa shape index (κ2) is 8.84. The lowest BCUT2D eigenvalue weighted by Gasteiger charge is -2.24. The number of aromatic nitrogens is 2. The number of nitrogens with zero attached hydrogens (tertiary/aromatic N) is 2. The van der Waals surface area contributed by atoms with Gasteiger partial charge in [0, 0.05) is 47.7 Å². The molecule has 160 valence electrons. The van der Waals surface area contributed by atoms with Gasteiger partial charge in [0.1, 0.15) is 11.5 Å². The molecule has 1 aromatic heterocycles. The number of nitrogen functional groups attached to an aromatic ring is 1. The fourth-order valence-electron chi connectivity index (χ4n) is 3.64. The molecule has 3 N–H and O–H groups in total. The highest BCUT2D eigenvalue weighted by atomic mass is 19.3. The third kappa shape index (κ3) is 4.74. The highest BCUT2D eigenvalue weighted by molar-refractivity contribution is 5.71. The molecule has 0 atom stereocenters. The van der Waals surface area contributed by atoms with Gasteiger partial charge in [0.2, 0.25) is 0 Å². The van der Waals surface area contributed by atoms with Crippen molar-refractivity contribution in [2.45, 2.75) is 45.0 Å². The van der Waals surface area contributed by atoms with Crippen LogP contribution in [0, 0.1) is 0 Å². The predicted molar refractivity (Wildman–Crippen MR) is 121 cm³/mol. The standard InChI is InChI=1S/C25H26F2N4/c1-2-25(26,27)20-10-6-17(7-11-20)16-22(18-4-3-5-18)31-21-12-8-19(9-13-21)23-24(28)30-15-14-29-23/h6-15,31H,2-5,16H2,1H3,(H2,28,30). The lowest BCUT2D eigenvalue weighted by Crippen LogP contribution is -2.13. The van der Waals surface area contributed by atoms with E-state index in [1.807, 2.05) is 24.3 Å². The van der Waals surface area contributed by atoms with Crippen LogP contribution in [0.5, 0.6) is 0 Å². The summed E-state index contributed by atoms with van der Waals surface area (Å²) in [6.45, 7) is 1.50. The Morgan fingerprint density at radius 1 is 1.00 bits per heavy atom. The maximum atomic E-state index is 13.9. The molecule has 1 heterocycles. The smallest absolute Gasteiger partial charge is 0.273 e. The Balaban J connectivity index is 1.51. The van der Waals surface area contributed by atoms with Gasteiger partial charge in [-0.05, 0) is 37.0 Å². The molecule has 1 saturated carbocycles. The molecule has 4 rings (SSSR count). The minimum atomic E-state index is -2.78. The molecule has 6 heteroatoms. The molecule has 0 spiro atoms. The van der Waals surface area contributed by atoms with Gasteiger partial charge in [-0.1, -0.05) is 48.9 Å². The minimum absolute atomic E-state index is 0.0726. The fraction of sp³-hybridized carbons (Fsp3) is 0.280. The summed E-state index contributed by atoms with van der Waals surface area (Å²) < 4.78 is 27.8. The highest BCUT2D eigenvalue weighted by Crippen LogP contribution is 2.34. The number of nitrogens with one attached hydrogen (secondary N) is 1. The topological polar surface area (TPSA) is 63.8 Å². The van der Waals surface area contributed by atoms with Crippen LogP contribution in [0.15, 0.2) is 72.2 Å². The van der Waals surface area contributed by atoms with E-state index in [0.29, 0.717) is 17.9 Å². The molecule has 31 heavy (non-hydrogen) atoms. The van der Waals surface area contributed by atoms with E-state index in [0.717, 1.165) is 35.4 Å². The number of hydrogen-bond acceptors (Lipinski definition) is 4. The van der Waals surface area contributed by atoms with Crippen molar-refractivity contribution < 1.29 is 8.78 Å². The van der Waals surface area contributed by atoms with Crippen LogP contribution >= 0.6 is 0 Å². The summed E-state index contributed by atoms with van der Waals surface area (Å²) in [7, 11) is 0. The van der Waals surface area contributed by atoms with Crippen molar-refractivity contribution in [2.75, 3.05) is 11.1 Å². The lowest BCUT2D eigenvalue weighted by molar-refractivity contribution is -0.00829. The molecule has 1 aliphatic carbocycles. The number of halogens is 2. The average Bonchev–Trinajstić information content (AvgIpc) is 2.74. The van der Waals surface area contributed by atoms with Crippen LogP contribution in [0.25, 0.3) is 11.3 Å². The first-order valence-corrected chi connectivity index (χ1v) is 10.6. The normalized spacial score (nSPS) is 13.6. The summed E-state index contributed by atoms with van der Waals surface area (Å²) in [6.07, 6.45) is 7.02. The van der Waals surface area contributed by atoms with Gasteiger partial charge < -0.3 is 11.1 Å². The fourth-order valence-corrected chi connectivity index (χ4v) is 3.64. The number of rotatable bonds is 7. The Hall–Kier alpha value is -3.28. The third-order valence-corrected chi connectivity index (χ3v) is 5.77. The first-order valence-electron chi connectivity index (χ1n) is 10.6. The largest absolute Gasteiger partial charge is 0.382 e. The van der Waals surface area contributed by atoms with Gasteiger partial charge in [-0.15, -0.1) is 0 Å². The van der Waals surface area contributed by atoms with E-state index >= 15 is 0 Å². The molecule has 4 nitrogen and oxygen atoms in total. The maximum absolute atomic E-state index is 13.9. The van der Waals surface area contributed by atoms with E-state index in [4.69, 9.17) is 5.73 Å². The van der Waals surface area contributed by atoms with Crippen molar-refractivity contribution in [3.63, 3.8) is 0 Å². The Bertz CT molecular complexity index is 1070. The SMILES string of the molecule is CCC(F)(F)c1ccc(CC(Nc2ccc(-c3nccnc3N)cc2)=C2CCC2)cc1. The van der Waals surface area contributed by atoms with Crippen LogP contribution in [-0.2, 0) is 12.3 Å². The number of benzene rings is 2. The van der Waals surface area contributed by atoms with Crippen molar-refractivity contribution in [1.82, 2.24) is 9.97 Å². The summed E-state index contributed by atoms with van der Waals surface area (Å²) in [4.78, 5) is 8.39. The van der Waals surface area contributed by atoms with Gasteiger partial charge in [0.25, 0.3) is 5.92 Å². The third-order valence-electron chi connectivity index (χ3n) is 5.77. The molecule has 3 aromatic rings. The summed E-state index contributed by atoms with van der Waals surface area (Å²) in [6, 6.07) is 14.6. The lowest BCUT2D eigenvalue weighted by atomic mass is 9.88. The van der Waals surface area contributed by atoms with Crippen LogP contribution in [0.4, 0.5) is 20.3 Å². The summed E-state index contributed by atoms with van der Waals surface area (Å²) >= 11 is 0. The van der Waals surface area contributed by atoms with Crippen LogP contribution in [0.2, 0.25) is 0 Å². The van der Waals surface area contributed by atoms with Crippen LogP contribution in [-0.4, -0.2) is 9.97 Å². The highest BCUT2D eigenvalue weighted by Gasteiger charge is 2.28. The Morgan fingerprint density at radius 3 is 2.26 bits per heavy atom. The van der Waals surface area contributed by atoms with Gasteiger partial charge >= 0.3 is 0 Å². The minimum Gasteiger partial charge on any atom is -0.382 e.